The molecule has 1 saturated heterocycles. The number of hydrogen-bond acceptors (Lipinski definition) is 5. The maximum absolute atomic E-state index is 13.9. The molecule has 0 spiro atoms. The number of ether oxygens (including phenoxy) is 2. The fraction of sp³-hybridized carbons (Fsp3) is 0.259. The Morgan fingerprint density at radius 1 is 0.881 bits per heavy atom. The molecule has 0 unspecified atom stereocenters. The van der Waals surface area contributed by atoms with Gasteiger partial charge < -0.3 is 25.8 Å². The van der Waals surface area contributed by atoms with Gasteiger partial charge in [-0.15, -0.1) is 13.2 Å². The lowest BCUT2D eigenvalue weighted by atomic mass is 9.85. The second-order valence-electron chi connectivity index (χ2n) is 9.21. The molecule has 2 heterocycles. The zero-order chi connectivity index (χ0) is 30.7. The van der Waals surface area contributed by atoms with E-state index in [9.17, 15) is 35.9 Å². The zero-order valence-electron chi connectivity index (χ0n) is 21.6. The predicted molar refractivity (Wildman–Crippen MR) is 137 cm³/mol. The number of carbonyl (C=O) groups excluding carboxylic acids is 2. The number of nitrogens with two attached hydrogens (primary N) is 2. The molecule has 0 bridgehead atoms. The first-order valence-corrected chi connectivity index (χ1v) is 12.3. The van der Waals surface area contributed by atoms with Crippen LogP contribution in [0.5, 0.6) is 17.4 Å². The first-order valence-electron chi connectivity index (χ1n) is 12.3. The summed E-state index contributed by atoms with van der Waals surface area (Å²) in [6.45, 7) is 0.323. The van der Waals surface area contributed by atoms with Crippen LogP contribution in [0.4, 0.5) is 26.3 Å². The van der Waals surface area contributed by atoms with E-state index in [1.807, 2.05) is 0 Å². The molecule has 0 radical (unpaired) electrons. The highest BCUT2D eigenvalue weighted by Gasteiger charge is 2.37. The summed E-state index contributed by atoms with van der Waals surface area (Å²) in [6, 6.07) is 10.6. The Morgan fingerprint density at radius 3 is 2.12 bits per heavy atom. The minimum Gasteiger partial charge on any atom is -0.439 e. The summed E-state index contributed by atoms with van der Waals surface area (Å²) in [4.78, 5) is 34.0. The lowest BCUT2D eigenvalue weighted by Crippen LogP contribution is -2.38. The third-order valence-electron chi connectivity index (χ3n) is 6.32. The van der Waals surface area contributed by atoms with Gasteiger partial charge in [0.25, 0.3) is 11.8 Å². The average Bonchev–Trinajstić information content (AvgIpc) is 2.92. The molecule has 2 amide bonds. The Bertz CT molecular complexity index is 1480. The van der Waals surface area contributed by atoms with E-state index in [1.54, 1.807) is 0 Å². The first kappa shape index (κ1) is 30.1. The number of pyridine rings is 1. The highest BCUT2D eigenvalue weighted by atomic mass is 19.4. The molecule has 0 atom stereocenters. The van der Waals surface area contributed by atoms with Gasteiger partial charge in [-0.25, -0.2) is 4.98 Å². The molecule has 1 aliphatic rings. The number of aromatic nitrogens is 1. The molecule has 3 aromatic rings. The monoisotopic (exact) mass is 595 g/mol. The van der Waals surface area contributed by atoms with E-state index in [-0.39, 0.29) is 54.3 Å². The number of alkyl halides is 6. The Morgan fingerprint density at radius 2 is 1.52 bits per heavy atom. The van der Waals surface area contributed by atoms with Crippen molar-refractivity contribution in [3.05, 3.63) is 83.0 Å². The standard InChI is InChI=1S/C27H23F6N5O4/c28-26(29,30)21-13-16(23(39)37-25(34)35)1-6-20(21)15-8-11-38(12-9-15)24(40)17-7-10-36-22(14-17)41-18-2-4-19(5-3-18)42-27(31,32)33/h1-7,10,13-15H,8-9,11-12H2,(H4,34,35,37,39). The topological polar surface area (TPSA) is 133 Å². The number of carbonyl (C=O) groups is 2. The van der Waals surface area contributed by atoms with Crippen molar-refractivity contribution in [2.75, 3.05) is 13.1 Å². The summed E-state index contributed by atoms with van der Waals surface area (Å²) in [5, 5.41) is 0. The largest absolute Gasteiger partial charge is 0.573 e. The summed E-state index contributed by atoms with van der Waals surface area (Å²) >= 11 is 0. The molecule has 2 aromatic carbocycles. The highest BCUT2D eigenvalue weighted by Crippen LogP contribution is 2.39. The number of amides is 2. The van der Waals surface area contributed by atoms with Gasteiger partial charge >= 0.3 is 12.5 Å². The normalized spacial score (nSPS) is 14.3. The van der Waals surface area contributed by atoms with Crippen LogP contribution in [0.25, 0.3) is 0 Å². The van der Waals surface area contributed by atoms with Crippen LogP contribution in [-0.2, 0) is 6.18 Å². The van der Waals surface area contributed by atoms with E-state index in [0.717, 1.165) is 18.2 Å². The van der Waals surface area contributed by atoms with Gasteiger partial charge in [-0.05, 0) is 66.8 Å². The minimum absolute atomic E-state index is 0.00194. The van der Waals surface area contributed by atoms with Gasteiger partial charge in [0.2, 0.25) is 5.88 Å². The van der Waals surface area contributed by atoms with Gasteiger partial charge in [0, 0.05) is 36.5 Å². The van der Waals surface area contributed by atoms with Crippen LogP contribution < -0.4 is 20.9 Å². The molecule has 0 saturated carbocycles. The van der Waals surface area contributed by atoms with Gasteiger partial charge in [-0.2, -0.15) is 18.2 Å². The quantitative estimate of drug-likeness (QED) is 0.227. The number of halogens is 6. The van der Waals surface area contributed by atoms with Crippen molar-refractivity contribution in [3.63, 3.8) is 0 Å². The maximum Gasteiger partial charge on any atom is 0.573 e. The van der Waals surface area contributed by atoms with Crippen molar-refractivity contribution in [2.45, 2.75) is 31.3 Å². The fourth-order valence-corrected chi connectivity index (χ4v) is 4.48. The summed E-state index contributed by atoms with van der Waals surface area (Å²) < 4.78 is 88.0. The van der Waals surface area contributed by atoms with Gasteiger partial charge in [-0.3, -0.25) is 9.59 Å². The number of rotatable bonds is 6. The first-order chi connectivity index (χ1) is 19.7. The molecule has 1 aromatic heterocycles. The van der Waals surface area contributed by atoms with Gasteiger partial charge in [-0.1, -0.05) is 6.07 Å². The van der Waals surface area contributed by atoms with Crippen molar-refractivity contribution in [2.24, 2.45) is 16.5 Å². The van der Waals surface area contributed by atoms with Crippen molar-refractivity contribution in [1.82, 2.24) is 9.88 Å². The smallest absolute Gasteiger partial charge is 0.439 e. The number of benzene rings is 2. The van der Waals surface area contributed by atoms with Crippen LogP contribution in [0.15, 0.2) is 65.8 Å². The Kier molecular flexibility index (Phi) is 8.59. The predicted octanol–water partition coefficient (Wildman–Crippen LogP) is 5.22. The SMILES string of the molecule is NC(N)=NC(=O)c1ccc(C2CCN(C(=O)c3ccnc(Oc4ccc(OC(F)(F)F)cc4)c3)CC2)c(C(F)(F)F)c1. The van der Waals surface area contributed by atoms with Gasteiger partial charge in [0.1, 0.15) is 11.5 Å². The molecule has 1 fully saturated rings. The molecule has 0 aliphatic carbocycles. The van der Waals surface area contributed by atoms with Crippen LogP contribution in [-0.4, -0.2) is 47.1 Å². The molecule has 9 nitrogen and oxygen atoms in total. The molecular weight excluding hydrogens is 572 g/mol. The summed E-state index contributed by atoms with van der Waals surface area (Å²) in [5.74, 6) is -2.79. The van der Waals surface area contributed by atoms with Crippen molar-refractivity contribution in [1.29, 1.82) is 0 Å². The molecule has 4 rings (SSSR count). The minimum atomic E-state index is -4.84. The maximum atomic E-state index is 13.9. The fourth-order valence-electron chi connectivity index (χ4n) is 4.48. The van der Waals surface area contributed by atoms with Crippen LogP contribution in [0.1, 0.15) is 50.6 Å². The molecule has 15 heteroatoms. The van der Waals surface area contributed by atoms with Crippen molar-refractivity contribution >= 4 is 17.8 Å². The van der Waals surface area contributed by atoms with E-state index in [4.69, 9.17) is 16.2 Å². The number of hydrogen-bond donors (Lipinski definition) is 2. The summed E-state index contributed by atoms with van der Waals surface area (Å²) in [6.07, 6.45) is -7.80. The van der Waals surface area contributed by atoms with Crippen molar-refractivity contribution in [3.8, 4) is 17.4 Å². The van der Waals surface area contributed by atoms with Crippen LogP contribution in [0.2, 0.25) is 0 Å². The average molecular weight is 596 g/mol. The lowest BCUT2D eigenvalue weighted by molar-refractivity contribution is -0.274. The number of aliphatic imine (C=N–C) groups is 1. The lowest BCUT2D eigenvalue weighted by Gasteiger charge is -2.33. The van der Waals surface area contributed by atoms with E-state index in [0.29, 0.717) is 0 Å². The number of piperidine rings is 1. The van der Waals surface area contributed by atoms with Gasteiger partial charge in [0.05, 0.1) is 5.56 Å². The summed E-state index contributed by atoms with van der Waals surface area (Å²) in [5.41, 5.74) is 9.22. The molecule has 1 aliphatic heterocycles. The van der Waals surface area contributed by atoms with E-state index >= 15 is 0 Å². The van der Waals surface area contributed by atoms with Crippen LogP contribution in [0, 0.1) is 0 Å². The molecular formula is C27H23F6N5O4. The van der Waals surface area contributed by atoms with Crippen molar-refractivity contribution < 1.29 is 45.4 Å². The third-order valence-corrected chi connectivity index (χ3v) is 6.32. The molecule has 4 N–H and O–H groups in total. The van der Waals surface area contributed by atoms with Crippen LogP contribution >= 0.6 is 0 Å². The number of nitrogens with zero attached hydrogens (tertiary/aromatic N) is 3. The second kappa shape index (κ2) is 12.0. The van der Waals surface area contributed by atoms with E-state index in [2.05, 4.69) is 14.7 Å². The second-order valence-corrected chi connectivity index (χ2v) is 9.21. The Hall–Kier alpha value is -4.82. The summed E-state index contributed by atoms with van der Waals surface area (Å²) in [7, 11) is 0. The molecule has 42 heavy (non-hydrogen) atoms. The van der Waals surface area contributed by atoms with Crippen LogP contribution in [0.3, 0.4) is 0 Å². The highest BCUT2D eigenvalue weighted by molar-refractivity contribution is 6.02. The van der Waals surface area contributed by atoms with E-state index in [1.165, 1.54) is 47.5 Å². The molecule has 222 valence electrons. The van der Waals surface area contributed by atoms with E-state index < -0.39 is 47.5 Å². The number of likely N-dealkylation sites (tertiary alicyclic amines) is 1. The Labute approximate surface area is 234 Å². The third kappa shape index (κ3) is 7.67. The zero-order valence-corrected chi connectivity index (χ0v) is 21.6. The Balaban J connectivity index is 1.42. The van der Waals surface area contributed by atoms with Gasteiger partial charge in [0.15, 0.2) is 5.96 Å². The number of guanidine groups is 1.